The summed E-state index contributed by atoms with van der Waals surface area (Å²) in [6.45, 7) is 1.32. The number of imidazole rings is 1. The molecule has 0 aliphatic heterocycles. The summed E-state index contributed by atoms with van der Waals surface area (Å²) >= 11 is 1.46. The van der Waals surface area contributed by atoms with Crippen molar-refractivity contribution in [3.05, 3.63) is 66.4 Å². The van der Waals surface area contributed by atoms with Gasteiger partial charge in [0.05, 0.1) is 25.0 Å². The zero-order valence-electron chi connectivity index (χ0n) is 16.1. The molecule has 4 aromatic rings. The van der Waals surface area contributed by atoms with Crippen molar-refractivity contribution in [3.8, 4) is 17.0 Å². The number of benzene rings is 2. The van der Waals surface area contributed by atoms with Gasteiger partial charge in [-0.05, 0) is 24.3 Å². The van der Waals surface area contributed by atoms with Crippen molar-refractivity contribution < 1.29 is 14.6 Å². The fourth-order valence-electron chi connectivity index (χ4n) is 2.82. The van der Waals surface area contributed by atoms with Gasteiger partial charge < -0.3 is 20.5 Å². The third-order valence-electron chi connectivity index (χ3n) is 4.27. The molecule has 2 aromatic carbocycles. The Hall–Kier alpha value is -3.43. The highest BCUT2D eigenvalue weighted by molar-refractivity contribution is 7.20. The van der Waals surface area contributed by atoms with Gasteiger partial charge >= 0.3 is 0 Å². The van der Waals surface area contributed by atoms with Crippen LogP contribution >= 0.6 is 11.3 Å². The molecule has 0 saturated heterocycles. The Kier molecular flexibility index (Phi) is 6.21. The lowest BCUT2D eigenvalue weighted by atomic mass is 10.1. The molecule has 8 nitrogen and oxygen atoms in total. The molecule has 0 atom stereocenters. The van der Waals surface area contributed by atoms with Gasteiger partial charge in [-0.15, -0.1) is 5.10 Å². The molecule has 3 N–H and O–H groups in total. The van der Waals surface area contributed by atoms with Gasteiger partial charge in [0.15, 0.2) is 0 Å². The van der Waals surface area contributed by atoms with E-state index in [1.54, 1.807) is 16.6 Å². The van der Waals surface area contributed by atoms with Crippen molar-refractivity contribution in [2.45, 2.75) is 0 Å². The predicted molar refractivity (Wildman–Crippen MR) is 116 cm³/mol. The zero-order valence-corrected chi connectivity index (χ0v) is 16.9. The Morgan fingerprint density at radius 1 is 1.10 bits per heavy atom. The molecule has 154 valence electrons. The average Bonchev–Trinajstić information content (AvgIpc) is 3.35. The average molecular weight is 423 g/mol. The normalized spacial score (nSPS) is 10.8. The van der Waals surface area contributed by atoms with E-state index in [1.165, 1.54) is 11.3 Å². The molecule has 1 amide bonds. The van der Waals surface area contributed by atoms with Crippen LogP contribution in [-0.2, 0) is 0 Å². The molecule has 0 radical (unpaired) electrons. The summed E-state index contributed by atoms with van der Waals surface area (Å²) < 4.78 is 7.40. The highest BCUT2D eigenvalue weighted by atomic mass is 32.1. The third-order valence-corrected chi connectivity index (χ3v) is 5.15. The van der Waals surface area contributed by atoms with E-state index < -0.39 is 0 Å². The Labute approximate surface area is 177 Å². The molecular weight excluding hydrogens is 402 g/mol. The van der Waals surface area contributed by atoms with Crippen LogP contribution in [0, 0.1) is 0 Å². The van der Waals surface area contributed by atoms with Crippen molar-refractivity contribution in [2.24, 2.45) is 0 Å². The van der Waals surface area contributed by atoms with Gasteiger partial charge in [0.1, 0.15) is 12.4 Å². The number of anilines is 1. The maximum atomic E-state index is 11.9. The molecule has 0 bridgehead atoms. The summed E-state index contributed by atoms with van der Waals surface area (Å²) in [6.07, 6.45) is 1.86. The molecule has 4 rings (SSSR count). The van der Waals surface area contributed by atoms with Crippen molar-refractivity contribution in [3.63, 3.8) is 0 Å². The number of fused-ring (bicyclic) bond motifs is 1. The quantitative estimate of drug-likeness (QED) is 0.358. The maximum absolute atomic E-state index is 11.9. The van der Waals surface area contributed by atoms with Crippen molar-refractivity contribution in [1.29, 1.82) is 0 Å². The van der Waals surface area contributed by atoms with Crippen LogP contribution in [0.3, 0.4) is 0 Å². The van der Waals surface area contributed by atoms with Crippen LogP contribution in [0.5, 0.6) is 5.75 Å². The van der Waals surface area contributed by atoms with Gasteiger partial charge in [0, 0.05) is 17.7 Å². The number of hydrogen-bond donors (Lipinski definition) is 3. The Balaban J connectivity index is 1.34. The van der Waals surface area contributed by atoms with Crippen LogP contribution in [0.4, 0.5) is 5.13 Å². The molecule has 9 heteroatoms. The molecule has 0 unspecified atom stereocenters. The SMILES string of the molecule is O=C(NCCO)c1ccc(-c2cn3nc(NCCOc4ccccc4)sc3n2)cc1. The van der Waals surface area contributed by atoms with E-state index in [9.17, 15) is 4.79 Å². The monoisotopic (exact) mass is 423 g/mol. The molecule has 2 heterocycles. The van der Waals surface area contributed by atoms with Crippen LogP contribution in [0.25, 0.3) is 16.2 Å². The highest BCUT2D eigenvalue weighted by Gasteiger charge is 2.11. The van der Waals surface area contributed by atoms with Crippen molar-refractivity contribution >= 4 is 27.3 Å². The first kappa shape index (κ1) is 19.9. The number of ether oxygens (including phenoxy) is 1. The fraction of sp³-hybridized carbons (Fsp3) is 0.190. The summed E-state index contributed by atoms with van der Waals surface area (Å²) in [7, 11) is 0. The minimum Gasteiger partial charge on any atom is -0.492 e. The number of aromatic nitrogens is 3. The first-order valence-electron chi connectivity index (χ1n) is 9.50. The number of nitrogens with zero attached hydrogens (tertiary/aromatic N) is 3. The van der Waals surface area contributed by atoms with Crippen LogP contribution in [0.15, 0.2) is 60.8 Å². The number of nitrogens with one attached hydrogen (secondary N) is 2. The van der Waals surface area contributed by atoms with Gasteiger partial charge in [-0.1, -0.05) is 41.7 Å². The summed E-state index contributed by atoms with van der Waals surface area (Å²) in [5.41, 5.74) is 2.22. The van der Waals surface area contributed by atoms with E-state index in [0.29, 0.717) is 18.7 Å². The molecule has 0 saturated carbocycles. The maximum Gasteiger partial charge on any atom is 0.251 e. The standard InChI is InChI=1S/C21H21N5O3S/c27-12-10-22-19(28)16-8-6-15(7-9-16)18-14-26-21(24-18)30-20(25-26)23-11-13-29-17-4-2-1-3-5-17/h1-9,14,27H,10-13H2,(H,22,28)(H,23,25). The van der Waals surface area contributed by atoms with Crippen LogP contribution in [-0.4, -0.2) is 51.9 Å². The van der Waals surface area contributed by atoms with Crippen molar-refractivity contribution in [2.75, 3.05) is 31.6 Å². The van der Waals surface area contributed by atoms with Gasteiger partial charge in [0.2, 0.25) is 10.1 Å². The minimum atomic E-state index is -0.213. The number of hydrogen-bond acceptors (Lipinski definition) is 7. The molecular formula is C21H21N5O3S. The Morgan fingerprint density at radius 2 is 1.90 bits per heavy atom. The van der Waals surface area contributed by atoms with E-state index in [4.69, 9.17) is 9.84 Å². The van der Waals surface area contributed by atoms with E-state index in [-0.39, 0.29) is 19.1 Å². The zero-order chi connectivity index (χ0) is 20.8. The summed E-state index contributed by atoms with van der Waals surface area (Å²) in [5, 5.41) is 19.9. The van der Waals surface area contributed by atoms with E-state index in [1.807, 2.05) is 48.7 Å². The molecule has 2 aromatic heterocycles. The lowest BCUT2D eigenvalue weighted by Gasteiger charge is -2.05. The number of rotatable bonds is 9. The highest BCUT2D eigenvalue weighted by Crippen LogP contribution is 2.24. The van der Waals surface area contributed by atoms with Crippen LogP contribution < -0.4 is 15.4 Å². The number of aliphatic hydroxyl groups is 1. The Bertz CT molecular complexity index is 1080. The fourth-order valence-corrected chi connectivity index (χ4v) is 3.63. The van der Waals surface area contributed by atoms with Crippen LogP contribution in [0.1, 0.15) is 10.4 Å². The molecule has 0 spiro atoms. The second-order valence-electron chi connectivity index (χ2n) is 6.41. The van der Waals surface area contributed by atoms with E-state index in [2.05, 4.69) is 20.7 Å². The minimum absolute atomic E-state index is 0.0842. The third kappa shape index (κ3) is 4.76. The number of amides is 1. The first-order chi connectivity index (χ1) is 14.7. The molecule has 0 aliphatic rings. The van der Waals surface area contributed by atoms with Gasteiger partial charge in [-0.25, -0.2) is 9.50 Å². The second-order valence-corrected chi connectivity index (χ2v) is 7.36. The number of carbonyl (C=O) groups excluding carboxylic acids is 1. The second kappa shape index (κ2) is 9.38. The van der Waals surface area contributed by atoms with Gasteiger partial charge in [-0.3, -0.25) is 4.79 Å². The summed E-state index contributed by atoms with van der Waals surface area (Å²) in [6, 6.07) is 16.9. The first-order valence-corrected chi connectivity index (χ1v) is 10.3. The lowest BCUT2D eigenvalue weighted by Crippen LogP contribution is -2.26. The Morgan fingerprint density at radius 3 is 2.63 bits per heavy atom. The lowest BCUT2D eigenvalue weighted by molar-refractivity contribution is 0.0945. The summed E-state index contributed by atoms with van der Waals surface area (Å²) in [4.78, 5) is 17.3. The molecule has 0 aliphatic carbocycles. The van der Waals surface area contributed by atoms with Gasteiger partial charge in [-0.2, -0.15) is 0 Å². The molecule has 0 fully saturated rings. The topological polar surface area (TPSA) is 101 Å². The number of carbonyl (C=O) groups is 1. The number of aliphatic hydroxyl groups excluding tert-OH is 1. The number of para-hydroxylation sites is 1. The predicted octanol–water partition coefficient (Wildman–Crippen LogP) is 2.67. The van der Waals surface area contributed by atoms with E-state index in [0.717, 1.165) is 27.1 Å². The van der Waals surface area contributed by atoms with Crippen LogP contribution in [0.2, 0.25) is 0 Å². The van der Waals surface area contributed by atoms with E-state index >= 15 is 0 Å². The molecule has 30 heavy (non-hydrogen) atoms. The van der Waals surface area contributed by atoms with Crippen molar-refractivity contribution in [1.82, 2.24) is 19.9 Å². The van der Waals surface area contributed by atoms with Gasteiger partial charge in [0.25, 0.3) is 5.91 Å². The largest absolute Gasteiger partial charge is 0.492 e. The summed E-state index contributed by atoms with van der Waals surface area (Å²) in [5.74, 6) is 0.629. The smallest absolute Gasteiger partial charge is 0.251 e.